The lowest BCUT2D eigenvalue weighted by Crippen LogP contribution is -2.67. The highest BCUT2D eigenvalue weighted by Gasteiger charge is 2.62. The van der Waals surface area contributed by atoms with E-state index in [-0.39, 0.29) is 17.9 Å². The quantitative estimate of drug-likeness (QED) is 0.356. The van der Waals surface area contributed by atoms with Crippen molar-refractivity contribution in [1.29, 1.82) is 0 Å². The zero-order chi connectivity index (χ0) is 27.4. The molecule has 6 rings (SSSR count). The van der Waals surface area contributed by atoms with E-state index in [1.807, 2.05) is 0 Å². The third kappa shape index (κ3) is 4.71. The van der Waals surface area contributed by atoms with Crippen LogP contribution in [0.3, 0.4) is 0 Å². The first-order chi connectivity index (χ1) is 18.7. The Bertz CT molecular complexity index is 1360. The summed E-state index contributed by atoms with van der Waals surface area (Å²) < 4.78 is 73.7. The highest BCUT2D eigenvalue weighted by Crippen LogP contribution is 2.48. The van der Waals surface area contributed by atoms with Crippen LogP contribution >= 0.6 is 0 Å². The van der Waals surface area contributed by atoms with E-state index in [4.69, 9.17) is 23.7 Å². The molecule has 2 aromatic carbocycles. The van der Waals surface area contributed by atoms with E-state index >= 15 is 0 Å². The Kier molecular flexibility index (Phi) is 6.45. The summed E-state index contributed by atoms with van der Waals surface area (Å²) in [7, 11) is 0. The number of carbonyl (C=O) groups excluding carboxylic acids is 1. The lowest BCUT2D eigenvalue weighted by atomic mass is 9.87. The first kappa shape index (κ1) is 25.9. The number of esters is 1. The smallest absolute Gasteiger partial charge is 0.338 e. The predicted molar refractivity (Wildman–Crippen MR) is 128 cm³/mol. The van der Waals surface area contributed by atoms with Gasteiger partial charge < -0.3 is 23.7 Å². The van der Waals surface area contributed by atoms with Crippen LogP contribution in [0, 0.1) is 17.5 Å². The molecule has 0 N–H and O–H groups in total. The molecule has 9 nitrogen and oxygen atoms in total. The Balaban J connectivity index is 1.44. The molecule has 0 saturated carbocycles. The van der Waals surface area contributed by atoms with Gasteiger partial charge in [-0.3, -0.25) is 0 Å². The number of hydrogen-bond acceptors (Lipinski definition) is 8. The van der Waals surface area contributed by atoms with E-state index in [9.17, 15) is 18.0 Å². The van der Waals surface area contributed by atoms with E-state index in [0.717, 1.165) is 12.1 Å². The molecule has 3 aliphatic heterocycles. The van der Waals surface area contributed by atoms with Crippen LogP contribution in [0.1, 0.15) is 43.1 Å². The van der Waals surface area contributed by atoms with Gasteiger partial charge in [0.15, 0.2) is 29.3 Å². The van der Waals surface area contributed by atoms with Gasteiger partial charge in [-0.25, -0.2) is 22.6 Å². The minimum atomic E-state index is -1.58. The molecule has 0 aliphatic carbocycles. The molecule has 0 radical (unpaired) electrons. The zero-order valence-electron chi connectivity index (χ0n) is 21.2. The van der Waals surface area contributed by atoms with Gasteiger partial charge in [0, 0.05) is 12.0 Å². The molecule has 0 bridgehead atoms. The number of ether oxygens (including phenoxy) is 5. The van der Waals surface area contributed by atoms with Crippen molar-refractivity contribution in [2.75, 3.05) is 13.2 Å². The molecule has 3 fully saturated rings. The van der Waals surface area contributed by atoms with Crippen molar-refractivity contribution in [3.63, 3.8) is 0 Å². The molecular weight excluding hydrogens is 519 g/mol. The van der Waals surface area contributed by atoms with E-state index in [2.05, 4.69) is 10.3 Å². The fourth-order valence-corrected chi connectivity index (χ4v) is 5.38. The van der Waals surface area contributed by atoms with Crippen molar-refractivity contribution in [2.24, 2.45) is 0 Å². The SMILES string of the molecule is CC1(C)OC[C@H]2O[C@@]3(CCCO3)[C@H](OC(=O)c3ccccc3)[C@@H](n3cc(-c4cc(F)c(F)c(F)c4)nn3)[C@H]2O1. The number of hydrogen-bond donors (Lipinski definition) is 0. The number of carbonyl (C=O) groups is 1. The maximum atomic E-state index is 14.0. The summed E-state index contributed by atoms with van der Waals surface area (Å²) in [6.07, 6.45) is 0.150. The van der Waals surface area contributed by atoms with Crippen molar-refractivity contribution in [2.45, 2.75) is 62.6 Å². The summed E-state index contributed by atoms with van der Waals surface area (Å²) >= 11 is 0. The molecule has 3 aromatic rings. The molecule has 4 heterocycles. The van der Waals surface area contributed by atoms with Crippen LogP contribution in [0.2, 0.25) is 0 Å². The van der Waals surface area contributed by atoms with Gasteiger partial charge in [0.1, 0.15) is 23.9 Å². The van der Waals surface area contributed by atoms with Gasteiger partial charge in [-0.2, -0.15) is 0 Å². The molecular formula is C27H26F3N3O6. The molecule has 0 amide bonds. The first-order valence-corrected chi connectivity index (χ1v) is 12.6. The number of rotatable bonds is 4. The van der Waals surface area contributed by atoms with E-state index in [1.54, 1.807) is 44.2 Å². The summed E-state index contributed by atoms with van der Waals surface area (Å²) in [5.41, 5.74) is 0.395. The topological polar surface area (TPSA) is 93.9 Å². The van der Waals surface area contributed by atoms with Gasteiger partial charge in [-0.15, -0.1) is 5.10 Å². The Morgan fingerprint density at radius 2 is 1.82 bits per heavy atom. The number of nitrogens with zero attached hydrogens (tertiary/aromatic N) is 3. The average Bonchev–Trinajstić information content (AvgIpc) is 3.59. The molecule has 1 aromatic heterocycles. The third-order valence-corrected chi connectivity index (χ3v) is 7.17. The van der Waals surface area contributed by atoms with Crippen molar-refractivity contribution in [3.8, 4) is 11.3 Å². The van der Waals surface area contributed by atoms with Gasteiger partial charge in [-0.1, -0.05) is 23.4 Å². The molecule has 39 heavy (non-hydrogen) atoms. The zero-order valence-corrected chi connectivity index (χ0v) is 21.2. The van der Waals surface area contributed by atoms with Gasteiger partial charge in [0.25, 0.3) is 0 Å². The number of aromatic nitrogens is 3. The van der Waals surface area contributed by atoms with Gasteiger partial charge in [0.2, 0.25) is 5.79 Å². The summed E-state index contributed by atoms with van der Waals surface area (Å²) in [4.78, 5) is 13.3. The van der Waals surface area contributed by atoms with E-state index in [1.165, 1.54) is 10.9 Å². The Hall–Kier alpha value is -3.32. The molecule has 3 aliphatic rings. The second-order valence-corrected chi connectivity index (χ2v) is 10.2. The standard InChI is InChI=1S/C27H26F3N3O6/c1-26(2)36-14-20-23(39-26)22(33-13-19(31-32-33)16-11-17(28)21(30)18(29)12-16)24(27(38-20)9-6-10-35-27)37-25(34)15-7-4-3-5-8-15/h3-5,7-8,11-13,20,22-24H,6,9-10,14H2,1-2H3/t20-,22+,23+,24-,27+/m1/s1. The maximum absolute atomic E-state index is 14.0. The molecule has 1 spiro atoms. The van der Waals surface area contributed by atoms with Crippen molar-refractivity contribution in [1.82, 2.24) is 15.0 Å². The van der Waals surface area contributed by atoms with Crippen LogP contribution < -0.4 is 0 Å². The van der Waals surface area contributed by atoms with Crippen LogP contribution in [0.5, 0.6) is 0 Å². The van der Waals surface area contributed by atoms with Gasteiger partial charge >= 0.3 is 5.97 Å². The minimum absolute atomic E-state index is 0.0147. The van der Waals surface area contributed by atoms with Crippen molar-refractivity contribution < 1.29 is 41.7 Å². The fourth-order valence-electron chi connectivity index (χ4n) is 5.38. The summed E-state index contributed by atoms with van der Waals surface area (Å²) in [5.74, 6) is -7.20. The molecule has 5 atom stereocenters. The number of benzene rings is 2. The Morgan fingerprint density at radius 1 is 1.08 bits per heavy atom. The summed E-state index contributed by atoms with van der Waals surface area (Å²) in [6, 6.07) is 9.33. The molecule has 3 saturated heterocycles. The predicted octanol–water partition coefficient (Wildman–Crippen LogP) is 4.19. The van der Waals surface area contributed by atoms with E-state index in [0.29, 0.717) is 25.0 Å². The third-order valence-electron chi connectivity index (χ3n) is 7.17. The van der Waals surface area contributed by atoms with Crippen molar-refractivity contribution >= 4 is 5.97 Å². The van der Waals surface area contributed by atoms with Crippen LogP contribution in [0.25, 0.3) is 11.3 Å². The lowest BCUT2D eigenvalue weighted by molar-refractivity contribution is -0.398. The van der Waals surface area contributed by atoms with Crippen LogP contribution in [0.15, 0.2) is 48.7 Å². The molecule has 12 heteroatoms. The Morgan fingerprint density at radius 3 is 2.51 bits per heavy atom. The molecule has 206 valence electrons. The minimum Gasteiger partial charge on any atom is -0.451 e. The highest BCUT2D eigenvalue weighted by molar-refractivity contribution is 5.89. The van der Waals surface area contributed by atoms with E-state index < -0.39 is 59.3 Å². The monoisotopic (exact) mass is 545 g/mol. The normalized spacial score (nSPS) is 29.8. The second-order valence-electron chi connectivity index (χ2n) is 10.2. The van der Waals surface area contributed by atoms with Gasteiger partial charge in [-0.05, 0) is 44.5 Å². The average molecular weight is 546 g/mol. The van der Waals surface area contributed by atoms with Gasteiger partial charge in [0.05, 0.1) is 25.0 Å². The molecule has 0 unspecified atom stereocenters. The summed E-state index contributed by atoms with van der Waals surface area (Å²) in [6.45, 7) is 4.05. The van der Waals surface area contributed by atoms with Crippen LogP contribution in [-0.2, 0) is 23.7 Å². The Labute approximate surface area is 221 Å². The number of fused-ring (bicyclic) bond motifs is 1. The second kappa shape index (κ2) is 9.70. The first-order valence-electron chi connectivity index (χ1n) is 12.6. The van der Waals surface area contributed by atoms with Crippen LogP contribution in [-0.4, -0.2) is 64.1 Å². The van der Waals surface area contributed by atoms with Crippen LogP contribution in [0.4, 0.5) is 13.2 Å². The summed E-state index contributed by atoms with van der Waals surface area (Å²) in [5, 5.41) is 8.31. The lowest BCUT2D eigenvalue weighted by Gasteiger charge is -2.53. The largest absolute Gasteiger partial charge is 0.451 e. The fraction of sp³-hybridized carbons (Fsp3) is 0.444. The number of halogens is 3. The van der Waals surface area contributed by atoms with Crippen molar-refractivity contribution in [3.05, 3.63) is 71.7 Å². The highest BCUT2D eigenvalue weighted by atomic mass is 19.2. The maximum Gasteiger partial charge on any atom is 0.338 e.